The third-order valence-corrected chi connectivity index (χ3v) is 5.40. The summed E-state index contributed by atoms with van der Waals surface area (Å²) < 4.78 is 5.74. The molecule has 1 aromatic rings. The molecule has 0 spiro atoms. The highest BCUT2D eigenvalue weighted by Gasteiger charge is 2.33. The quantitative estimate of drug-likeness (QED) is 0.860. The number of carbonyl (C=O) groups is 2. The van der Waals surface area contributed by atoms with Gasteiger partial charge in [-0.3, -0.25) is 9.59 Å². The molecule has 25 heavy (non-hydrogen) atoms. The molecular weight excluding hydrogens is 318 g/mol. The standard InChI is InChI=1S/C20H27NO4/c22-19(16-8-10-17(11-9-16)20(23)24)21(14-18-7-4-12-25-18)13-15-5-2-1-3-6-15/h1-3,5-6,16-18H,4,7-14H2,(H,23,24). The third-order valence-electron chi connectivity index (χ3n) is 5.40. The summed E-state index contributed by atoms with van der Waals surface area (Å²) in [6, 6.07) is 10.0. The Kier molecular flexibility index (Phi) is 6.08. The maximum atomic E-state index is 13.1. The molecule has 2 aliphatic rings. The molecule has 1 atom stereocenters. The Balaban J connectivity index is 1.65. The van der Waals surface area contributed by atoms with Crippen LogP contribution in [0.25, 0.3) is 0 Å². The van der Waals surface area contributed by atoms with Gasteiger partial charge in [-0.05, 0) is 44.1 Å². The van der Waals surface area contributed by atoms with Gasteiger partial charge < -0.3 is 14.7 Å². The minimum atomic E-state index is -0.730. The maximum absolute atomic E-state index is 13.1. The first-order valence-corrected chi connectivity index (χ1v) is 9.30. The van der Waals surface area contributed by atoms with E-state index in [9.17, 15) is 9.59 Å². The van der Waals surface area contributed by atoms with E-state index in [2.05, 4.69) is 0 Å². The van der Waals surface area contributed by atoms with Crippen molar-refractivity contribution >= 4 is 11.9 Å². The predicted octanol–water partition coefficient (Wildman–Crippen LogP) is 3.09. The van der Waals surface area contributed by atoms with Gasteiger partial charge in [0.25, 0.3) is 0 Å². The Hall–Kier alpha value is -1.88. The average Bonchev–Trinajstić information content (AvgIpc) is 3.14. The van der Waals surface area contributed by atoms with Gasteiger partial charge >= 0.3 is 5.97 Å². The number of ether oxygens (including phenoxy) is 1. The summed E-state index contributed by atoms with van der Waals surface area (Å²) in [5.74, 6) is -0.917. The van der Waals surface area contributed by atoms with Crippen molar-refractivity contribution in [3.63, 3.8) is 0 Å². The van der Waals surface area contributed by atoms with Crippen LogP contribution < -0.4 is 0 Å². The first kappa shape index (κ1) is 17.9. The number of nitrogens with zero attached hydrogens (tertiary/aromatic N) is 1. The molecule has 1 aliphatic heterocycles. The van der Waals surface area contributed by atoms with Gasteiger partial charge in [0.05, 0.1) is 12.0 Å². The van der Waals surface area contributed by atoms with Crippen LogP contribution in [0.15, 0.2) is 30.3 Å². The van der Waals surface area contributed by atoms with E-state index >= 15 is 0 Å². The molecule has 0 bridgehead atoms. The fraction of sp³-hybridized carbons (Fsp3) is 0.600. The first-order chi connectivity index (χ1) is 12.1. The van der Waals surface area contributed by atoms with Gasteiger partial charge in [0.2, 0.25) is 5.91 Å². The molecule has 1 heterocycles. The molecule has 1 saturated carbocycles. The van der Waals surface area contributed by atoms with Gasteiger partial charge in [-0.25, -0.2) is 0 Å². The second-order valence-electron chi connectivity index (χ2n) is 7.23. The van der Waals surface area contributed by atoms with Gasteiger partial charge in [0, 0.05) is 25.6 Å². The molecular formula is C20H27NO4. The number of rotatable bonds is 6. The SMILES string of the molecule is O=C(O)C1CCC(C(=O)N(Cc2ccccc2)CC2CCCO2)CC1. The van der Waals surface area contributed by atoms with Crippen LogP contribution in [0.4, 0.5) is 0 Å². The van der Waals surface area contributed by atoms with Gasteiger partial charge in [-0.1, -0.05) is 30.3 Å². The number of hydrogen-bond acceptors (Lipinski definition) is 3. The Morgan fingerprint density at radius 3 is 2.32 bits per heavy atom. The van der Waals surface area contributed by atoms with E-state index in [1.807, 2.05) is 35.2 Å². The largest absolute Gasteiger partial charge is 0.481 e. The molecule has 1 N–H and O–H groups in total. The second kappa shape index (κ2) is 8.48. The van der Waals surface area contributed by atoms with Crippen molar-refractivity contribution in [3.05, 3.63) is 35.9 Å². The summed E-state index contributed by atoms with van der Waals surface area (Å²) >= 11 is 0. The number of amides is 1. The van der Waals surface area contributed by atoms with Crippen molar-refractivity contribution in [2.75, 3.05) is 13.2 Å². The highest BCUT2D eigenvalue weighted by molar-refractivity contribution is 5.79. The monoisotopic (exact) mass is 345 g/mol. The number of carboxylic acids is 1. The molecule has 0 aromatic heterocycles. The lowest BCUT2D eigenvalue weighted by Crippen LogP contribution is -2.41. The lowest BCUT2D eigenvalue weighted by atomic mass is 9.81. The van der Waals surface area contributed by atoms with Crippen molar-refractivity contribution in [1.29, 1.82) is 0 Å². The Morgan fingerprint density at radius 2 is 1.72 bits per heavy atom. The molecule has 5 heteroatoms. The van der Waals surface area contributed by atoms with Gasteiger partial charge in [-0.15, -0.1) is 0 Å². The van der Waals surface area contributed by atoms with Crippen LogP contribution in [-0.2, 0) is 20.9 Å². The predicted molar refractivity (Wildman–Crippen MR) is 93.9 cm³/mol. The Bertz CT molecular complexity index is 575. The zero-order chi connectivity index (χ0) is 17.6. The molecule has 2 fully saturated rings. The number of hydrogen-bond donors (Lipinski definition) is 1. The Morgan fingerprint density at radius 1 is 1.04 bits per heavy atom. The lowest BCUT2D eigenvalue weighted by Gasteiger charge is -2.32. The van der Waals surface area contributed by atoms with Crippen LogP contribution in [0, 0.1) is 11.8 Å². The van der Waals surface area contributed by atoms with Gasteiger partial charge in [-0.2, -0.15) is 0 Å². The van der Waals surface area contributed by atoms with Crippen molar-refractivity contribution in [1.82, 2.24) is 4.90 Å². The van der Waals surface area contributed by atoms with E-state index < -0.39 is 5.97 Å². The summed E-state index contributed by atoms with van der Waals surface area (Å²) in [5, 5.41) is 9.14. The zero-order valence-corrected chi connectivity index (χ0v) is 14.6. The minimum Gasteiger partial charge on any atom is -0.481 e. The van der Waals surface area contributed by atoms with Crippen LogP contribution in [0.1, 0.15) is 44.1 Å². The minimum absolute atomic E-state index is 0.0549. The normalized spacial score (nSPS) is 26.3. The topological polar surface area (TPSA) is 66.8 Å². The van der Waals surface area contributed by atoms with E-state index in [-0.39, 0.29) is 23.8 Å². The smallest absolute Gasteiger partial charge is 0.306 e. The number of carboxylic acid groups (broad SMARTS) is 1. The molecule has 1 amide bonds. The van der Waals surface area contributed by atoms with E-state index in [1.54, 1.807) is 0 Å². The van der Waals surface area contributed by atoms with Crippen molar-refractivity contribution in [2.24, 2.45) is 11.8 Å². The maximum Gasteiger partial charge on any atom is 0.306 e. The molecule has 136 valence electrons. The van der Waals surface area contributed by atoms with E-state index in [0.717, 1.165) is 25.0 Å². The number of carbonyl (C=O) groups excluding carboxylic acids is 1. The van der Waals surface area contributed by atoms with Crippen molar-refractivity contribution in [2.45, 2.75) is 51.2 Å². The molecule has 1 saturated heterocycles. The summed E-state index contributed by atoms with van der Waals surface area (Å²) in [5.41, 5.74) is 1.12. The van der Waals surface area contributed by atoms with Gasteiger partial charge in [0.1, 0.15) is 0 Å². The highest BCUT2D eigenvalue weighted by atomic mass is 16.5. The summed E-state index contributed by atoms with van der Waals surface area (Å²) in [6.07, 6.45) is 4.74. The van der Waals surface area contributed by atoms with E-state index in [1.165, 1.54) is 0 Å². The highest BCUT2D eigenvalue weighted by Crippen LogP contribution is 2.31. The van der Waals surface area contributed by atoms with Crippen LogP contribution in [0.2, 0.25) is 0 Å². The molecule has 0 radical (unpaired) electrons. The Labute approximate surface area is 149 Å². The summed E-state index contributed by atoms with van der Waals surface area (Å²) in [6.45, 7) is 2.01. The third kappa shape index (κ3) is 4.82. The number of aliphatic carboxylic acids is 1. The molecule has 5 nitrogen and oxygen atoms in total. The second-order valence-corrected chi connectivity index (χ2v) is 7.23. The van der Waals surface area contributed by atoms with Crippen molar-refractivity contribution < 1.29 is 19.4 Å². The van der Waals surface area contributed by atoms with Crippen LogP contribution in [-0.4, -0.2) is 41.1 Å². The van der Waals surface area contributed by atoms with E-state index in [4.69, 9.17) is 9.84 Å². The van der Waals surface area contributed by atoms with Crippen LogP contribution in [0.3, 0.4) is 0 Å². The average molecular weight is 345 g/mol. The lowest BCUT2D eigenvalue weighted by molar-refractivity contribution is -0.146. The molecule has 1 aromatic carbocycles. The first-order valence-electron chi connectivity index (χ1n) is 9.30. The summed E-state index contributed by atoms with van der Waals surface area (Å²) in [4.78, 5) is 26.1. The zero-order valence-electron chi connectivity index (χ0n) is 14.6. The molecule has 1 aliphatic carbocycles. The number of benzene rings is 1. The fourth-order valence-corrected chi connectivity index (χ4v) is 3.92. The van der Waals surface area contributed by atoms with Crippen LogP contribution in [0.5, 0.6) is 0 Å². The van der Waals surface area contributed by atoms with Crippen LogP contribution >= 0.6 is 0 Å². The molecule has 3 rings (SSSR count). The van der Waals surface area contributed by atoms with E-state index in [0.29, 0.717) is 38.8 Å². The molecule has 1 unspecified atom stereocenters. The van der Waals surface area contributed by atoms with Crippen molar-refractivity contribution in [3.8, 4) is 0 Å². The summed E-state index contributed by atoms with van der Waals surface area (Å²) in [7, 11) is 0. The fourth-order valence-electron chi connectivity index (χ4n) is 3.92. The van der Waals surface area contributed by atoms with Gasteiger partial charge in [0.15, 0.2) is 0 Å².